The van der Waals surface area contributed by atoms with Crippen LogP contribution in [-0.4, -0.2) is 4.92 Å². The van der Waals surface area contributed by atoms with Crippen molar-refractivity contribution in [3.8, 4) is 0 Å². The number of halogens is 1. The molecule has 0 spiro atoms. The monoisotopic (exact) mass is 327 g/mol. The van der Waals surface area contributed by atoms with Gasteiger partial charge in [0, 0.05) is 16.7 Å². The Labute approximate surface area is 117 Å². The van der Waals surface area contributed by atoms with Crippen molar-refractivity contribution in [1.29, 1.82) is 0 Å². The number of nitrogens with zero attached hydrogens (tertiary/aromatic N) is 1. The molecule has 1 aromatic carbocycles. The van der Waals surface area contributed by atoms with Gasteiger partial charge in [-0.25, -0.2) is 0 Å². The van der Waals surface area contributed by atoms with Gasteiger partial charge in [0.1, 0.15) is 5.76 Å². The first-order valence-electron chi connectivity index (χ1n) is 5.18. The predicted octanol–water partition coefficient (Wildman–Crippen LogP) is 4.55. The van der Waals surface area contributed by atoms with Crippen LogP contribution in [0.1, 0.15) is 11.3 Å². The van der Waals surface area contributed by atoms with Gasteiger partial charge >= 0.3 is 0 Å². The first-order chi connectivity index (χ1) is 8.59. The van der Waals surface area contributed by atoms with E-state index in [2.05, 4.69) is 15.9 Å². The van der Waals surface area contributed by atoms with Gasteiger partial charge in [-0.3, -0.25) is 10.1 Å². The van der Waals surface area contributed by atoms with E-state index in [0.29, 0.717) is 10.2 Å². The van der Waals surface area contributed by atoms with Gasteiger partial charge in [-0.15, -0.1) is 11.8 Å². The zero-order valence-electron chi connectivity index (χ0n) is 9.55. The largest absolute Gasteiger partial charge is 0.468 e. The van der Waals surface area contributed by atoms with E-state index in [1.54, 1.807) is 24.1 Å². The fourth-order valence-corrected chi connectivity index (χ4v) is 3.19. The second-order valence-electron chi connectivity index (χ2n) is 3.64. The molecule has 2 aromatic rings. The van der Waals surface area contributed by atoms with Crippen LogP contribution >= 0.6 is 27.7 Å². The first-order valence-corrected chi connectivity index (χ1v) is 6.96. The quantitative estimate of drug-likeness (QED) is 0.469. The van der Waals surface area contributed by atoms with E-state index in [4.69, 9.17) is 4.42 Å². The summed E-state index contributed by atoms with van der Waals surface area (Å²) in [6.45, 7) is 1.89. The Morgan fingerprint density at radius 3 is 2.83 bits per heavy atom. The third-order valence-corrected chi connectivity index (χ3v) is 4.55. The van der Waals surface area contributed by atoms with Crippen molar-refractivity contribution < 1.29 is 9.34 Å². The zero-order chi connectivity index (χ0) is 13.1. The molecule has 0 radical (unpaired) electrons. The van der Waals surface area contributed by atoms with Gasteiger partial charge in [0.15, 0.2) is 0 Å². The molecule has 0 unspecified atom stereocenters. The summed E-state index contributed by atoms with van der Waals surface area (Å²) in [5, 5.41) is 10.8. The van der Waals surface area contributed by atoms with Gasteiger partial charge in [-0.05, 0) is 34.5 Å². The Morgan fingerprint density at radius 1 is 1.44 bits per heavy atom. The second-order valence-corrected chi connectivity index (χ2v) is 5.45. The van der Waals surface area contributed by atoms with E-state index in [-0.39, 0.29) is 10.6 Å². The molecule has 94 valence electrons. The third-order valence-electron chi connectivity index (χ3n) is 2.45. The minimum absolute atomic E-state index is 0.0945. The average Bonchev–Trinajstić information content (AvgIpc) is 2.73. The molecule has 1 aromatic heterocycles. The number of rotatable bonds is 4. The Bertz CT molecular complexity index is 582. The Hall–Kier alpha value is -1.27. The summed E-state index contributed by atoms with van der Waals surface area (Å²) in [5.74, 6) is 1.52. The second kappa shape index (κ2) is 5.58. The lowest BCUT2D eigenvalue weighted by molar-refractivity contribution is -0.385. The van der Waals surface area contributed by atoms with Crippen LogP contribution in [0.4, 0.5) is 5.69 Å². The molecule has 1 heterocycles. The van der Waals surface area contributed by atoms with Gasteiger partial charge in [0.25, 0.3) is 5.69 Å². The molecule has 0 saturated carbocycles. The minimum Gasteiger partial charge on any atom is -0.468 e. The van der Waals surface area contributed by atoms with Crippen LogP contribution in [0.25, 0.3) is 0 Å². The molecule has 18 heavy (non-hydrogen) atoms. The van der Waals surface area contributed by atoms with Gasteiger partial charge in [-0.2, -0.15) is 0 Å². The molecule has 0 aliphatic carbocycles. The predicted molar refractivity (Wildman–Crippen MR) is 73.8 cm³/mol. The molecule has 0 atom stereocenters. The topological polar surface area (TPSA) is 56.3 Å². The molecule has 0 N–H and O–H groups in total. The Kier molecular flexibility index (Phi) is 4.08. The fourth-order valence-electron chi connectivity index (χ4n) is 1.50. The lowest BCUT2D eigenvalue weighted by Gasteiger charge is -2.04. The first kappa shape index (κ1) is 13.2. The van der Waals surface area contributed by atoms with Crippen LogP contribution in [0.2, 0.25) is 0 Å². The standard InChI is InChI=1S/C12H10BrNO3S/c1-8-11(5-6-17-8)18-7-9-3-2-4-10(12(9)13)14(15)16/h2-6H,7H2,1H3. The smallest absolute Gasteiger partial charge is 0.283 e. The molecule has 0 aliphatic rings. The number of hydrogen-bond acceptors (Lipinski definition) is 4. The van der Waals surface area contributed by atoms with Gasteiger partial charge < -0.3 is 4.42 Å². The molecule has 0 fully saturated rings. The van der Waals surface area contributed by atoms with E-state index in [1.807, 2.05) is 19.1 Å². The fraction of sp³-hybridized carbons (Fsp3) is 0.167. The Morgan fingerprint density at radius 2 is 2.22 bits per heavy atom. The van der Waals surface area contributed by atoms with Crippen LogP contribution in [0.3, 0.4) is 0 Å². The van der Waals surface area contributed by atoms with Crippen molar-refractivity contribution in [3.63, 3.8) is 0 Å². The maximum Gasteiger partial charge on any atom is 0.283 e. The van der Waals surface area contributed by atoms with E-state index < -0.39 is 0 Å². The van der Waals surface area contributed by atoms with Crippen molar-refractivity contribution in [2.45, 2.75) is 17.6 Å². The van der Waals surface area contributed by atoms with E-state index in [1.165, 1.54) is 6.07 Å². The molecular weight excluding hydrogens is 318 g/mol. The molecule has 0 bridgehead atoms. The Balaban J connectivity index is 2.17. The molecule has 0 aliphatic heterocycles. The van der Waals surface area contributed by atoms with Crippen LogP contribution in [-0.2, 0) is 5.75 Å². The summed E-state index contributed by atoms with van der Waals surface area (Å²) in [4.78, 5) is 11.5. The summed E-state index contributed by atoms with van der Waals surface area (Å²) in [6, 6.07) is 6.95. The van der Waals surface area contributed by atoms with Crippen LogP contribution in [0, 0.1) is 17.0 Å². The number of thioether (sulfide) groups is 1. The molecule has 6 heteroatoms. The van der Waals surface area contributed by atoms with Crippen molar-refractivity contribution in [2.75, 3.05) is 0 Å². The summed E-state index contributed by atoms with van der Waals surface area (Å²) < 4.78 is 5.75. The van der Waals surface area contributed by atoms with Gasteiger partial charge in [0.2, 0.25) is 0 Å². The van der Waals surface area contributed by atoms with Crippen LogP contribution < -0.4 is 0 Å². The highest BCUT2D eigenvalue weighted by Crippen LogP contribution is 2.33. The summed E-state index contributed by atoms with van der Waals surface area (Å²) >= 11 is 4.88. The van der Waals surface area contributed by atoms with Crippen molar-refractivity contribution >= 4 is 33.4 Å². The number of hydrogen-bond donors (Lipinski definition) is 0. The molecule has 4 nitrogen and oxygen atoms in total. The molecule has 2 rings (SSSR count). The highest BCUT2D eigenvalue weighted by atomic mass is 79.9. The number of nitro benzene ring substituents is 1. The van der Waals surface area contributed by atoms with E-state index >= 15 is 0 Å². The maximum atomic E-state index is 10.8. The number of aryl methyl sites for hydroxylation is 1. The highest BCUT2D eigenvalue weighted by molar-refractivity contribution is 9.10. The number of benzene rings is 1. The third kappa shape index (κ3) is 2.76. The van der Waals surface area contributed by atoms with Crippen molar-refractivity contribution in [3.05, 3.63) is 56.4 Å². The van der Waals surface area contributed by atoms with Gasteiger partial charge in [0.05, 0.1) is 15.7 Å². The normalized spacial score (nSPS) is 10.6. The average molecular weight is 328 g/mol. The van der Waals surface area contributed by atoms with Crippen LogP contribution in [0.15, 0.2) is 44.3 Å². The SMILES string of the molecule is Cc1occc1SCc1cccc([N+](=O)[O-])c1Br. The van der Waals surface area contributed by atoms with Crippen molar-refractivity contribution in [2.24, 2.45) is 0 Å². The highest BCUT2D eigenvalue weighted by Gasteiger charge is 2.15. The zero-order valence-corrected chi connectivity index (χ0v) is 12.0. The lowest BCUT2D eigenvalue weighted by atomic mass is 10.2. The number of furan rings is 1. The van der Waals surface area contributed by atoms with Crippen LogP contribution in [0.5, 0.6) is 0 Å². The van der Waals surface area contributed by atoms with Gasteiger partial charge in [-0.1, -0.05) is 12.1 Å². The number of nitro groups is 1. The maximum absolute atomic E-state index is 10.8. The van der Waals surface area contributed by atoms with E-state index in [0.717, 1.165) is 16.2 Å². The lowest BCUT2D eigenvalue weighted by Crippen LogP contribution is -1.92. The van der Waals surface area contributed by atoms with Crippen molar-refractivity contribution in [1.82, 2.24) is 0 Å². The van der Waals surface area contributed by atoms with E-state index in [9.17, 15) is 10.1 Å². The summed E-state index contributed by atoms with van der Waals surface area (Å²) in [7, 11) is 0. The summed E-state index contributed by atoms with van der Waals surface area (Å²) in [6.07, 6.45) is 1.64. The molecule has 0 amide bonds. The molecule has 0 saturated heterocycles. The minimum atomic E-state index is -0.388. The summed E-state index contributed by atoms with van der Waals surface area (Å²) in [5.41, 5.74) is 0.992. The molecular formula is C12H10BrNO3S.